The first-order chi connectivity index (χ1) is 13.1. The maximum atomic E-state index is 12.5. The molecule has 4 rings (SSSR count). The lowest BCUT2D eigenvalue weighted by Gasteiger charge is -2.23. The van der Waals surface area contributed by atoms with Crippen molar-refractivity contribution in [3.8, 4) is 6.07 Å². The molecule has 0 spiro atoms. The summed E-state index contributed by atoms with van der Waals surface area (Å²) in [6.07, 6.45) is 4.49. The maximum Gasteiger partial charge on any atom is 0.237 e. The third kappa shape index (κ3) is 3.85. The summed E-state index contributed by atoms with van der Waals surface area (Å²) in [5, 5.41) is 14.5. The van der Waals surface area contributed by atoms with Crippen molar-refractivity contribution in [3.05, 3.63) is 35.5 Å². The SMILES string of the molecule is N#C[C@@H]1CCCN1C(=O)CN1CC[C@@H](Nc2ccnc3ccc(Cl)cc23)C1. The number of hydrogen-bond donors (Lipinski definition) is 1. The van der Waals surface area contributed by atoms with Gasteiger partial charge in [0.15, 0.2) is 0 Å². The molecule has 0 radical (unpaired) electrons. The van der Waals surface area contributed by atoms with E-state index in [1.54, 1.807) is 11.1 Å². The van der Waals surface area contributed by atoms with Crippen LogP contribution in [0.25, 0.3) is 10.9 Å². The molecule has 2 aromatic rings. The molecule has 27 heavy (non-hydrogen) atoms. The first-order valence-corrected chi connectivity index (χ1v) is 9.74. The molecular weight excluding hydrogens is 362 g/mol. The van der Waals surface area contributed by atoms with Crippen LogP contribution in [0.15, 0.2) is 30.5 Å². The van der Waals surface area contributed by atoms with Crippen LogP contribution in [-0.4, -0.2) is 59.0 Å². The van der Waals surface area contributed by atoms with Crippen molar-refractivity contribution in [1.29, 1.82) is 5.26 Å². The lowest BCUT2D eigenvalue weighted by molar-refractivity contribution is -0.132. The lowest BCUT2D eigenvalue weighted by atomic mass is 10.1. The van der Waals surface area contributed by atoms with Crippen LogP contribution in [0, 0.1) is 11.3 Å². The van der Waals surface area contributed by atoms with Crippen molar-refractivity contribution in [1.82, 2.24) is 14.8 Å². The molecule has 2 saturated heterocycles. The molecule has 2 aliphatic heterocycles. The fourth-order valence-corrected chi connectivity index (χ4v) is 4.21. The van der Waals surface area contributed by atoms with Crippen molar-refractivity contribution in [2.75, 3.05) is 31.5 Å². The molecule has 0 bridgehead atoms. The number of anilines is 1. The van der Waals surface area contributed by atoms with Crippen LogP contribution < -0.4 is 5.32 Å². The number of carbonyl (C=O) groups excluding carboxylic acids is 1. The van der Waals surface area contributed by atoms with E-state index >= 15 is 0 Å². The number of fused-ring (bicyclic) bond motifs is 1. The Morgan fingerprint density at radius 2 is 2.22 bits per heavy atom. The highest BCUT2D eigenvalue weighted by Crippen LogP contribution is 2.27. The molecule has 2 fully saturated rings. The number of aromatic nitrogens is 1. The van der Waals surface area contributed by atoms with Crippen molar-refractivity contribution in [3.63, 3.8) is 0 Å². The summed E-state index contributed by atoms with van der Waals surface area (Å²) < 4.78 is 0. The minimum Gasteiger partial charge on any atom is -0.380 e. The predicted octanol–water partition coefficient (Wildman–Crippen LogP) is 2.89. The van der Waals surface area contributed by atoms with E-state index in [1.807, 2.05) is 24.3 Å². The summed E-state index contributed by atoms with van der Waals surface area (Å²) in [5.41, 5.74) is 1.93. The smallest absolute Gasteiger partial charge is 0.237 e. The number of rotatable bonds is 4. The second kappa shape index (κ2) is 7.71. The van der Waals surface area contributed by atoms with Gasteiger partial charge in [-0.3, -0.25) is 14.7 Å². The first kappa shape index (κ1) is 18.0. The number of nitrogens with one attached hydrogen (secondary N) is 1. The molecule has 0 saturated carbocycles. The zero-order valence-electron chi connectivity index (χ0n) is 15.1. The number of benzene rings is 1. The number of amides is 1. The summed E-state index contributed by atoms with van der Waals surface area (Å²) in [6, 6.07) is 9.92. The van der Waals surface area contributed by atoms with Gasteiger partial charge in [-0.1, -0.05) is 11.6 Å². The maximum absolute atomic E-state index is 12.5. The Kier molecular flexibility index (Phi) is 5.15. The minimum atomic E-state index is -0.248. The van der Waals surface area contributed by atoms with Gasteiger partial charge in [0, 0.05) is 48.0 Å². The van der Waals surface area contributed by atoms with E-state index < -0.39 is 0 Å². The van der Waals surface area contributed by atoms with E-state index in [9.17, 15) is 10.1 Å². The molecule has 1 aromatic heterocycles. The summed E-state index contributed by atoms with van der Waals surface area (Å²) in [4.78, 5) is 20.8. The van der Waals surface area contributed by atoms with Crippen molar-refractivity contribution < 1.29 is 4.79 Å². The van der Waals surface area contributed by atoms with Gasteiger partial charge in [-0.15, -0.1) is 0 Å². The fraction of sp³-hybridized carbons (Fsp3) is 0.450. The lowest BCUT2D eigenvalue weighted by Crippen LogP contribution is -2.42. The first-order valence-electron chi connectivity index (χ1n) is 9.36. The van der Waals surface area contributed by atoms with Gasteiger partial charge in [0.2, 0.25) is 5.91 Å². The van der Waals surface area contributed by atoms with Crippen molar-refractivity contribution >= 4 is 34.1 Å². The third-order valence-electron chi connectivity index (χ3n) is 5.42. The molecule has 6 nitrogen and oxygen atoms in total. The predicted molar refractivity (Wildman–Crippen MR) is 106 cm³/mol. The van der Waals surface area contributed by atoms with Crippen LogP contribution in [0.1, 0.15) is 19.3 Å². The monoisotopic (exact) mass is 383 g/mol. The van der Waals surface area contributed by atoms with Crippen molar-refractivity contribution in [2.24, 2.45) is 0 Å². The van der Waals surface area contributed by atoms with Crippen LogP contribution in [0.2, 0.25) is 5.02 Å². The standard InChI is InChI=1S/C20H22ClN5O/c21-14-3-4-18-17(10-14)19(5-7-23-18)24-15-6-9-25(12-15)13-20(27)26-8-1-2-16(26)11-22/h3-5,7,10,15-16H,1-2,6,8-9,12-13H2,(H,23,24)/t15-,16+/m1/s1. The van der Waals surface area contributed by atoms with Gasteiger partial charge >= 0.3 is 0 Å². The van der Waals surface area contributed by atoms with Crippen LogP contribution in [0.3, 0.4) is 0 Å². The molecule has 2 atom stereocenters. The quantitative estimate of drug-likeness (QED) is 0.878. The molecular formula is C20H22ClN5O. The van der Waals surface area contributed by atoms with Gasteiger partial charge in [-0.2, -0.15) is 5.26 Å². The van der Waals surface area contributed by atoms with Gasteiger partial charge in [0.1, 0.15) is 6.04 Å². The number of hydrogen-bond acceptors (Lipinski definition) is 5. The largest absolute Gasteiger partial charge is 0.380 e. The molecule has 2 aliphatic rings. The van der Waals surface area contributed by atoms with Gasteiger partial charge < -0.3 is 10.2 Å². The summed E-state index contributed by atoms with van der Waals surface area (Å²) in [7, 11) is 0. The summed E-state index contributed by atoms with van der Waals surface area (Å²) in [6.45, 7) is 2.77. The Morgan fingerprint density at radius 3 is 3.07 bits per heavy atom. The minimum absolute atomic E-state index is 0.0702. The van der Waals surface area contributed by atoms with E-state index in [-0.39, 0.29) is 18.0 Å². The number of halogens is 1. The van der Waals surface area contributed by atoms with Gasteiger partial charge in [0.25, 0.3) is 0 Å². The zero-order chi connectivity index (χ0) is 18.8. The van der Waals surface area contributed by atoms with E-state index in [0.717, 1.165) is 48.9 Å². The Bertz CT molecular complexity index is 896. The number of nitriles is 1. The Labute approximate surface area is 163 Å². The zero-order valence-corrected chi connectivity index (χ0v) is 15.8. The molecule has 3 heterocycles. The number of likely N-dealkylation sites (tertiary alicyclic amines) is 2. The third-order valence-corrected chi connectivity index (χ3v) is 5.65. The Hall–Kier alpha value is -2.36. The molecule has 0 unspecified atom stereocenters. The van der Waals surface area contributed by atoms with Crippen LogP contribution in [-0.2, 0) is 4.79 Å². The fourth-order valence-electron chi connectivity index (χ4n) is 4.04. The van der Waals surface area contributed by atoms with E-state index in [2.05, 4.69) is 21.3 Å². The number of nitrogens with zero attached hydrogens (tertiary/aromatic N) is 4. The second-order valence-electron chi connectivity index (χ2n) is 7.26. The van der Waals surface area contributed by atoms with Gasteiger partial charge in [-0.25, -0.2) is 0 Å². The summed E-state index contributed by atoms with van der Waals surface area (Å²) in [5.74, 6) is 0.0702. The highest BCUT2D eigenvalue weighted by Gasteiger charge is 2.31. The molecule has 0 aliphatic carbocycles. The highest BCUT2D eigenvalue weighted by molar-refractivity contribution is 6.31. The number of carbonyl (C=O) groups is 1. The molecule has 1 N–H and O–H groups in total. The van der Waals surface area contributed by atoms with E-state index in [0.29, 0.717) is 18.1 Å². The second-order valence-corrected chi connectivity index (χ2v) is 7.70. The average Bonchev–Trinajstić information content (AvgIpc) is 3.31. The molecule has 1 aromatic carbocycles. The van der Waals surface area contributed by atoms with E-state index in [4.69, 9.17) is 11.6 Å². The topological polar surface area (TPSA) is 72.3 Å². The van der Waals surface area contributed by atoms with Gasteiger partial charge in [0.05, 0.1) is 18.1 Å². The van der Waals surface area contributed by atoms with Crippen LogP contribution in [0.4, 0.5) is 5.69 Å². The Balaban J connectivity index is 1.38. The highest BCUT2D eigenvalue weighted by atomic mass is 35.5. The normalized spacial score (nSPS) is 22.9. The van der Waals surface area contributed by atoms with Gasteiger partial charge in [-0.05, 0) is 43.5 Å². The van der Waals surface area contributed by atoms with Crippen LogP contribution in [0.5, 0.6) is 0 Å². The van der Waals surface area contributed by atoms with Crippen LogP contribution >= 0.6 is 11.6 Å². The molecule has 140 valence electrons. The van der Waals surface area contributed by atoms with Crippen molar-refractivity contribution in [2.45, 2.75) is 31.3 Å². The summed E-state index contributed by atoms with van der Waals surface area (Å²) >= 11 is 6.14. The molecule has 7 heteroatoms. The number of pyridine rings is 1. The van der Waals surface area contributed by atoms with E-state index in [1.165, 1.54) is 0 Å². The Morgan fingerprint density at radius 1 is 1.33 bits per heavy atom. The average molecular weight is 384 g/mol. The molecule has 1 amide bonds.